The van der Waals surface area contributed by atoms with E-state index in [0.29, 0.717) is 33.8 Å². The van der Waals surface area contributed by atoms with Gasteiger partial charge in [0.25, 0.3) is 0 Å². The molecule has 33 heavy (non-hydrogen) atoms. The molecule has 0 spiro atoms. The molecule has 3 aromatic carbocycles. The number of carbonyl (C=O) groups excluding carboxylic acids is 1. The highest BCUT2D eigenvalue weighted by Gasteiger charge is 2.31. The van der Waals surface area contributed by atoms with Crippen LogP contribution in [-0.2, 0) is 23.8 Å². The first-order valence-electron chi connectivity index (χ1n) is 10.5. The second-order valence-corrected chi connectivity index (χ2v) is 8.28. The number of aromatic nitrogens is 1. The third-order valence-corrected chi connectivity index (χ3v) is 5.47. The molecule has 170 valence electrons. The van der Waals surface area contributed by atoms with Gasteiger partial charge in [0.1, 0.15) is 5.52 Å². The number of halogens is 3. The van der Waals surface area contributed by atoms with Crippen LogP contribution in [0.3, 0.4) is 0 Å². The Morgan fingerprint density at radius 1 is 0.939 bits per heavy atom. The zero-order chi connectivity index (χ0) is 23.8. The van der Waals surface area contributed by atoms with Gasteiger partial charge in [-0.05, 0) is 73.4 Å². The zero-order valence-electron chi connectivity index (χ0n) is 18.5. The lowest BCUT2D eigenvalue weighted by Crippen LogP contribution is -2.17. The lowest BCUT2D eigenvalue weighted by atomic mass is 9.98. The standard InChI is InChI=1S/C26H23F3N2O2/c1-15-4-8-21(17(3)10-15)30-24(32)13-18-6-7-20(26(27,28)29)12-19(18)14-25-31-22-9-5-16(2)11-23(22)33-25/h4-12H,13-14H2,1-3H3,(H,30,32). The van der Waals surface area contributed by atoms with Gasteiger partial charge in [-0.1, -0.05) is 29.8 Å². The summed E-state index contributed by atoms with van der Waals surface area (Å²) in [5.74, 6) is -0.0119. The normalized spacial score (nSPS) is 11.7. The number of oxazole rings is 1. The van der Waals surface area contributed by atoms with Crippen molar-refractivity contribution in [2.45, 2.75) is 39.8 Å². The van der Waals surface area contributed by atoms with Crippen molar-refractivity contribution >= 4 is 22.7 Å². The maximum absolute atomic E-state index is 13.4. The van der Waals surface area contributed by atoms with E-state index < -0.39 is 11.7 Å². The Hall–Kier alpha value is -3.61. The van der Waals surface area contributed by atoms with Gasteiger partial charge in [0.15, 0.2) is 11.5 Å². The second kappa shape index (κ2) is 8.73. The average molecular weight is 452 g/mol. The molecule has 7 heteroatoms. The summed E-state index contributed by atoms with van der Waals surface area (Å²) >= 11 is 0. The van der Waals surface area contributed by atoms with Crippen molar-refractivity contribution in [3.63, 3.8) is 0 Å². The Morgan fingerprint density at radius 3 is 2.39 bits per heavy atom. The topological polar surface area (TPSA) is 55.1 Å². The monoisotopic (exact) mass is 452 g/mol. The summed E-state index contributed by atoms with van der Waals surface area (Å²) in [6.45, 7) is 5.77. The number of benzene rings is 3. The molecule has 1 aromatic heterocycles. The molecule has 1 N–H and O–H groups in total. The van der Waals surface area contributed by atoms with Crippen molar-refractivity contribution in [1.29, 1.82) is 0 Å². The smallest absolute Gasteiger partial charge is 0.416 e. The van der Waals surface area contributed by atoms with Crippen LogP contribution in [-0.4, -0.2) is 10.9 Å². The van der Waals surface area contributed by atoms with E-state index in [1.54, 1.807) is 0 Å². The molecular formula is C26H23F3N2O2. The molecule has 0 fully saturated rings. The Bertz CT molecular complexity index is 1340. The van der Waals surface area contributed by atoms with Crippen LogP contribution in [0, 0.1) is 20.8 Å². The second-order valence-electron chi connectivity index (χ2n) is 8.28. The number of carbonyl (C=O) groups is 1. The fourth-order valence-corrected chi connectivity index (χ4v) is 3.78. The minimum Gasteiger partial charge on any atom is -0.440 e. The molecule has 0 atom stereocenters. The van der Waals surface area contributed by atoms with E-state index >= 15 is 0 Å². The maximum atomic E-state index is 13.4. The molecule has 0 aliphatic heterocycles. The molecule has 0 bridgehead atoms. The van der Waals surface area contributed by atoms with Gasteiger partial charge in [0.05, 0.1) is 12.0 Å². The summed E-state index contributed by atoms with van der Waals surface area (Å²) in [5.41, 5.74) is 4.93. The maximum Gasteiger partial charge on any atom is 0.416 e. The van der Waals surface area contributed by atoms with Gasteiger partial charge in [-0.3, -0.25) is 4.79 Å². The van der Waals surface area contributed by atoms with Crippen molar-refractivity contribution in [3.8, 4) is 0 Å². The molecule has 1 heterocycles. The summed E-state index contributed by atoms with van der Waals surface area (Å²) in [4.78, 5) is 17.1. The Labute approximate surface area is 189 Å². The van der Waals surface area contributed by atoms with Crippen LogP contribution >= 0.6 is 0 Å². The van der Waals surface area contributed by atoms with Gasteiger partial charge in [-0.15, -0.1) is 0 Å². The van der Waals surface area contributed by atoms with Gasteiger partial charge in [0.2, 0.25) is 5.91 Å². The summed E-state index contributed by atoms with van der Waals surface area (Å²) < 4.78 is 45.8. The van der Waals surface area contributed by atoms with Gasteiger partial charge in [-0.2, -0.15) is 13.2 Å². The number of nitrogens with one attached hydrogen (secondary N) is 1. The van der Waals surface area contributed by atoms with E-state index in [-0.39, 0.29) is 18.7 Å². The fourth-order valence-electron chi connectivity index (χ4n) is 3.78. The van der Waals surface area contributed by atoms with E-state index in [4.69, 9.17) is 4.42 Å². The Kier molecular flexibility index (Phi) is 5.97. The van der Waals surface area contributed by atoms with Crippen molar-refractivity contribution in [2.24, 2.45) is 0 Å². The van der Waals surface area contributed by atoms with Crippen LogP contribution < -0.4 is 5.32 Å². The Morgan fingerprint density at radius 2 is 1.67 bits per heavy atom. The van der Waals surface area contributed by atoms with Crippen LogP contribution in [0.25, 0.3) is 11.1 Å². The predicted octanol–water partition coefficient (Wildman–Crippen LogP) is 6.54. The molecule has 0 unspecified atom stereocenters. The molecule has 0 aliphatic carbocycles. The highest BCUT2D eigenvalue weighted by atomic mass is 19.4. The van der Waals surface area contributed by atoms with Crippen LogP contribution in [0.5, 0.6) is 0 Å². The van der Waals surface area contributed by atoms with E-state index in [0.717, 1.165) is 28.8 Å². The van der Waals surface area contributed by atoms with E-state index in [2.05, 4.69) is 10.3 Å². The Balaban J connectivity index is 1.63. The fraction of sp³-hybridized carbons (Fsp3) is 0.231. The van der Waals surface area contributed by atoms with Crippen molar-refractivity contribution in [1.82, 2.24) is 4.98 Å². The number of anilines is 1. The molecule has 1 amide bonds. The number of aryl methyl sites for hydroxylation is 3. The molecule has 0 radical (unpaired) electrons. The van der Waals surface area contributed by atoms with Crippen LogP contribution in [0.1, 0.15) is 39.3 Å². The van der Waals surface area contributed by atoms with E-state index in [9.17, 15) is 18.0 Å². The first-order valence-corrected chi connectivity index (χ1v) is 10.5. The average Bonchev–Trinajstić information content (AvgIpc) is 3.12. The SMILES string of the molecule is Cc1ccc(NC(=O)Cc2ccc(C(F)(F)F)cc2Cc2nc3ccc(C)cc3o2)c(C)c1. The summed E-state index contributed by atoms with van der Waals surface area (Å²) in [5, 5.41) is 2.85. The largest absolute Gasteiger partial charge is 0.440 e. The van der Waals surface area contributed by atoms with Gasteiger partial charge in [0, 0.05) is 12.1 Å². The van der Waals surface area contributed by atoms with E-state index in [1.807, 2.05) is 57.2 Å². The predicted molar refractivity (Wildman–Crippen MR) is 121 cm³/mol. The van der Waals surface area contributed by atoms with Crippen LogP contribution in [0.15, 0.2) is 59.0 Å². The molecule has 4 nitrogen and oxygen atoms in total. The van der Waals surface area contributed by atoms with Gasteiger partial charge >= 0.3 is 6.18 Å². The molecule has 4 rings (SSSR count). The number of amides is 1. The number of alkyl halides is 3. The molecule has 0 saturated heterocycles. The number of fused-ring (bicyclic) bond motifs is 1. The molecular weight excluding hydrogens is 429 g/mol. The number of hydrogen-bond donors (Lipinski definition) is 1. The minimum atomic E-state index is -4.49. The summed E-state index contributed by atoms with van der Waals surface area (Å²) in [7, 11) is 0. The number of hydrogen-bond acceptors (Lipinski definition) is 3. The molecule has 4 aromatic rings. The first kappa shape index (κ1) is 22.6. The van der Waals surface area contributed by atoms with Crippen molar-refractivity contribution < 1.29 is 22.4 Å². The number of rotatable bonds is 5. The van der Waals surface area contributed by atoms with Gasteiger partial charge in [-0.25, -0.2) is 4.98 Å². The van der Waals surface area contributed by atoms with Crippen LogP contribution in [0.2, 0.25) is 0 Å². The molecule has 0 aliphatic rings. The lowest BCUT2D eigenvalue weighted by molar-refractivity contribution is -0.137. The third-order valence-electron chi connectivity index (χ3n) is 5.47. The van der Waals surface area contributed by atoms with Crippen LogP contribution in [0.4, 0.5) is 18.9 Å². The first-order chi connectivity index (χ1) is 15.6. The number of nitrogens with zero attached hydrogens (tertiary/aromatic N) is 1. The van der Waals surface area contributed by atoms with E-state index in [1.165, 1.54) is 6.07 Å². The van der Waals surface area contributed by atoms with Gasteiger partial charge < -0.3 is 9.73 Å². The zero-order valence-corrected chi connectivity index (χ0v) is 18.5. The third kappa shape index (κ3) is 5.25. The highest BCUT2D eigenvalue weighted by Crippen LogP contribution is 2.32. The summed E-state index contributed by atoms with van der Waals surface area (Å²) in [6.07, 6.45) is -4.52. The minimum absolute atomic E-state index is 0.0455. The summed E-state index contributed by atoms with van der Waals surface area (Å²) in [6, 6.07) is 14.6. The van der Waals surface area contributed by atoms with Crippen molar-refractivity contribution in [3.05, 3.63) is 93.9 Å². The quantitative estimate of drug-likeness (QED) is 0.374. The highest BCUT2D eigenvalue weighted by molar-refractivity contribution is 5.93. The molecule has 0 saturated carbocycles. The lowest BCUT2D eigenvalue weighted by Gasteiger charge is -2.14. The van der Waals surface area contributed by atoms with Crippen molar-refractivity contribution in [2.75, 3.05) is 5.32 Å².